The van der Waals surface area contributed by atoms with Crippen LogP contribution in [0.4, 0.5) is 13.2 Å². The van der Waals surface area contributed by atoms with Crippen LogP contribution in [0.5, 0.6) is 0 Å². The largest absolute Gasteiger partial charge is 0.466 e. The SMILES string of the molecule is CCOC(=O)Cc1ccc(=O)[nH]c1C(F)(F)F. The van der Waals surface area contributed by atoms with Crippen LogP contribution in [0.15, 0.2) is 16.9 Å². The van der Waals surface area contributed by atoms with E-state index in [0.29, 0.717) is 0 Å². The maximum Gasteiger partial charge on any atom is 0.431 e. The summed E-state index contributed by atoms with van der Waals surface area (Å²) in [6.07, 6.45) is -5.23. The fraction of sp³-hybridized carbons (Fsp3) is 0.400. The predicted octanol–water partition coefficient (Wildman–Crippen LogP) is 1.50. The lowest BCUT2D eigenvalue weighted by Crippen LogP contribution is -2.20. The number of aromatic amines is 1. The molecule has 1 heterocycles. The van der Waals surface area contributed by atoms with Crippen molar-refractivity contribution in [2.24, 2.45) is 0 Å². The molecule has 1 aromatic heterocycles. The Balaban J connectivity index is 3.07. The Labute approximate surface area is 94.4 Å². The summed E-state index contributed by atoms with van der Waals surface area (Å²) in [6, 6.07) is 1.91. The first kappa shape index (κ1) is 13.3. The molecule has 0 saturated heterocycles. The molecule has 0 fully saturated rings. The molecule has 1 N–H and O–H groups in total. The van der Waals surface area contributed by atoms with Crippen LogP contribution in [0.1, 0.15) is 18.2 Å². The standard InChI is InChI=1S/C10H10F3NO3/c1-2-17-8(16)5-6-3-4-7(15)14-9(6)10(11,12)13/h3-4H,2,5H2,1H3,(H,14,15). The zero-order chi connectivity index (χ0) is 13.1. The minimum absolute atomic E-state index is 0.0868. The first-order valence-electron chi connectivity index (χ1n) is 4.79. The molecule has 0 aromatic carbocycles. The fourth-order valence-electron chi connectivity index (χ4n) is 1.27. The van der Waals surface area contributed by atoms with E-state index in [1.165, 1.54) is 0 Å². The third-order valence-electron chi connectivity index (χ3n) is 1.93. The third kappa shape index (κ3) is 3.61. The molecule has 1 aromatic rings. The highest BCUT2D eigenvalue weighted by Crippen LogP contribution is 2.29. The van der Waals surface area contributed by atoms with Crippen LogP contribution in [-0.4, -0.2) is 17.6 Å². The van der Waals surface area contributed by atoms with Gasteiger partial charge in [-0.25, -0.2) is 0 Å². The quantitative estimate of drug-likeness (QED) is 0.826. The summed E-state index contributed by atoms with van der Waals surface area (Å²) in [5.74, 6) is -0.773. The molecule has 94 valence electrons. The second kappa shape index (κ2) is 5.03. The van der Waals surface area contributed by atoms with Gasteiger partial charge >= 0.3 is 12.1 Å². The third-order valence-corrected chi connectivity index (χ3v) is 1.93. The van der Waals surface area contributed by atoms with E-state index in [1.807, 2.05) is 0 Å². The number of hydrogen-bond donors (Lipinski definition) is 1. The molecule has 0 spiro atoms. The van der Waals surface area contributed by atoms with Crippen molar-refractivity contribution in [1.29, 1.82) is 0 Å². The summed E-state index contributed by atoms with van der Waals surface area (Å²) in [6.45, 7) is 1.64. The molecule has 0 unspecified atom stereocenters. The summed E-state index contributed by atoms with van der Waals surface area (Å²) in [5.41, 5.74) is -2.39. The summed E-state index contributed by atoms with van der Waals surface area (Å²) in [5, 5.41) is 0. The minimum Gasteiger partial charge on any atom is -0.466 e. The number of aromatic nitrogens is 1. The Morgan fingerprint density at radius 3 is 2.59 bits per heavy atom. The van der Waals surface area contributed by atoms with Crippen molar-refractivity contribution in [3.05, 3.63) is 33.7 Å². The summed E-state index contributed by atoms with van der Waals surface area (Å²) in [7, 11) is 0. The van der Waals surface area contributed by atoms with Crippen molar-refractivity contribution >= 4 is 5.97 Å². The molecule has 4 nitrogen and oxygen atoms in total. The number of alkyl halides is 3. The molecule has 7 heteroatoms. The van der Waals surface area contributed by atoms with E-state index in [2.05, 4.69) is 4.74 Å². The molecule has 0 amide bonds. The summed E-state index contributed by atoms with van der Waals surface area (Å²) >= 11 is 0. The van der Waals surface area contributed by atoms with Gasteiger partial charge < -0.3 is 9.72 Å². The number of H-pyrrole nitrogens is 1. The molecule has 1 rings (SSSR count). The topological polar surface area (TPSA) is 59.2 Å². The van der Waals surface area contributed by atoms with Gasteiger partial charge in [0.2, 0.25) is 5.56 Å². The van der Waals surface area contributed by atoms with Gasteiger partial charge in [0.25, 0.3) is 0 Å². The van der Waals surface area contributed by atoms with Crippen LogP contribution in [0.2, 0.25) is 0 Å². The number of esters is 1. The van der Waals surface area contributed by atoms with Gasteiger partial charge in [-0.1, -0.05) is 6.07 Å². The number of rotatable bonds is 3. The maximum absolute atomic E-state index is 12.5. The zero-order valence-corrected chi connectivity index (χ0v) is 8.93. The van der Waals surface area contributed by atoms with E-state index in [0.717, 1.165) is 12.1 Å². The second-order valence-corrected chi connectivity index (χ2v) is 3.20. The van der Waals surface area contributed by atoms with Gasteiger partial charge in [-0.15, -0.1) is 0 Å². The smallest absolute Gasteiger partial charge is 0.431 e. The number of carbonyl (C=O) groups is 1. The highest BCUT2D eigenvalue weighted by Gasteiger charge is 2.35. The van der Waals surface area contributed by atoms with Crippen molar-refractivity contribution < 1.29 is 22.7 Å². The lowest BCUT2D eigenvalue weighted by atomic mass is 10.1. The molecule has 0 radical (unpaired) electrons. The van der Waals surface area contributed by atoms with Crippen LogP contribution >= 0.6 is 0 Å². The molecule has 0 atom stereocenters. The van der Waals surface area contributed by atoms with Crippen LogP contribution in [0, 0.1) is 0 Å². The van der Waals surface area contributed by atoms with Gasteiger partial charge in [-0.2, -0.15) is 13.2 Å². The average Bonchev–Trinajstić information content (AvgIpc) is 2.19. The van der Waals surface area contributed by atoms with Gasteiger partial charge in [0.1, 0.15) is 5.69 Å². The Morgan fingerprint density at radius 2 is 2.06 bits per heavy atom. The van der Waals surface area contributed by atoms with Crippen LogP contribution in [-0.2, 0) is 22.1 Å². The van der Waals surface area contributed by atoms with Gasteiger partial charge in [0.15, 0.2) is 0 Å². The molecule has 0 saturated carbocycles. The number of ether oxygens (including phenoxy) is 1. The number of pyridine rings is 1. The normalized spacial score (nSPS) is 11.3. The maximum atomic E-state index is 12.5. The van der Waals surface area contributed by atoms with Crippen molar-refractivity contribution in [2.45, 2.75) is 19.5 Å². The zero-order valence-electron chi connectivity index (χ0n) is 8.93. The van der Waals surface area contributed by atoms with Gasteiger partial charge in [-0.3, -0.25) is 9.59 Å². The van der Waals surface area contributed by atoms with Crippen molar-refractivity contribution in [3.63, 3.8) is 0 Å². The molecule has 0 aliphatic heterocycles. The van der Waals surface area contributed by atoms with Crippen LogP contribution < -0.4 is 5.56 Å². The Morgan fingerprint density at radius 1 is 1.41 bits per heavy atom. The minimum atomic E-state index is -4.71. The Kier molecular flexibility index (Phi) is 3.93. The van der Waals surface area contributed by atoms with E-state index in [1.54, 1.807) is 11.9 Å². The highest BCUT2D eigenvalue weighted by molar-refractivity contribution is 5.72. The van der Waals surface area contributed by atoms with E-state index in [9.17, 15) is 22.8 Å². The lowest BCUT2D eigenvalue weighted by molar-refractivity contribution is -0.144. The van der Waals surface area contributed by atoms with E-state index in [-0.39, 0.29) is 12.2 Å². The molecule has 0 aliphatic rings. The van der Waals surface area contributed by atoms with E-state index >= 15 is 0 Å². The summed E-state index contributed by atoms with van der Waals surface area (Å²) < 4.78 is 42.2. The number of carbonyl (C=O) groups excluding carboxylic acids is 1. The molecule has 0 bridgehead atoms. The predicted molar refractivity (Wildman–Crippen MR) is 52.4 cm³/mol. The van der Waals surface area contributed by atoms with E-state index in [4.69, 9.17) is 0 Å². The Hall–Kier alpha value is -1.79. The number of halogens is 3. The lowest BCUT2D eigenvalue weighted by Gasteiger charge is -2.11. The van der Waals surface area contributed by atoms with E-state index < -0.39 is 29.8 Å². The fourth-order valence-corrected chi connectivity index (χ4v) is 1.27. The molecule has 0 aliphatic carbocycles. The van der Waals surface area contributed by atoms with Gasteiger partial charge in [0, 0.05) is 6.07 Å². The first-order chi connectivity index (χ1) is 7.84. The monoisotopic (exact) mass is 249 g/mol. The Bertz CT molecular complexity index is 465. The summed E-state index contributed by atoms with van der Waals surface area (Å²) in [4.78, 5) is 23.6. The molecular weight excluding hydrogens is 239 g/mol. The average molecular weight is 249 g/mol. The van der Waals surface area contributed by atoms with Crippen molar-refractivity contribution in [2.75, 3.05) is 6.61 Å². The highest BCUT2D eigenvalue weighted by atomic mass is 19.4. The number of hydrogen-bond acceptors (Lipinski definition) is 3. The first-order valence-corrected chi connectivity index (χ1v) is 4.79. The second-order valence-electron chi connectivity index (χ2n) is 3.20. The van der Waals surface area contributed by atoms with Gasteiger partial charge in [-0.05, 0) is 12.5 Å². The van der Waals surface area contributed by atoms with Gasteiger partial charge in [0.05, 0.1) is 13.0 Å². The van der Waals surface area contributed by atoms with Crippen LogP contribution in [0.3, 0.4) is 0 Å². The van der Waals surface area contributed by atoms with Crippen LogP contribution in [0.25, 0.3) is 0 Å². The molecular formula is C10H10F3NO3. The molecule has 17 heavy (non-hydrogen) atoms. The number of nitrogens with one attached hydrogen (secondary N) is 1. The van der Waals surface area contributed by atoms with Crippen molar-refractivity contribution in [3.8, 4) is 0 Å². The van der Waals surface area contributed by atoms with Crippen molar-refractivity contribution in [1.82, 2.24) is 4.98 Å².